The van der Waals surface area contributed by atoms with Crippen molar-refractivity contribution in [1.82, 2.24) is 0 Å². The number of rotatable bonds is 13. The summed E-state index contributed by atoms with van der Waals surface area (Å²) in [5.74, 6) is -0.391. The fourth-order valence-corrected chi connectivity index (χ4v) is 5.28. The highest BCUT2D eigenvalue weighted by Crippen LogP contribution is 2.40. The first-order chi connectivity index (χ1) is 14.2. The van der Waals surface area contributed by atoms with Gasteiger partial charge in [-0.2, -0.15) is 11.8 Å². The number of thioether (sulfide) groups is 1. The minimum atomic E-state index is -1.15. The average Bonchev–Trinajstić information content (AvgIpc) is 2.95. The minimum absolute atomic E-state index is 0.0330. The number of unbranched alkanes of at least 4 members (excludes halogenated alkanes) is 3. The molecule has 0 spiro atoms. The Morgan fingerprint density at radius 1 is 1.17 bits per heavy atom. The van der Waals surface area contributed by atoms with E-state index in [-0.39, 0.29) is 30.0 Å². The number of halogens is 1. The normalized spacial score (nSPS) is 25.8. The van der Waals surface area contributed by atoms with Crippen LogP contribution in [0.25, 0.3) is 0 Å². The molecule has 1 fully saturated rings. The molecule has 6 nitrogen and oxygen atoms in total. The largest absolute Gasteiger partial charge is 0.491 e. The van der Waals surface area contributed by atoms with Crippen LogP contribution in [-0.4, -0.2) is 61.8 Å². The van der Waals surface area contributed by atoms with Gasteiger partial charge in [0, 0.05) is 23.8 Å². The van der Waals surface area contributed by atoms with Crippen LogP contribution >= 0.6 is 11.8 Å². The standard InChI is InChI=1S/C22H33FO6S/c1-22(28,13-29-16-10-8-15(23)9-11-16)14-30-21-17(18(24)12-19(21)25)6-4-2-3-5-7-20(26)27/h8-11,17-19,21,24-25,28H,2-7,12-14H2,1H3,(H,26,27)/t17-,18?,19?,21+,22?/m0/s1. The van der Waals surface area contributed by atoms with Crippen molar-refractivity contribution >= 4 is 17.7 Å². The van der Waals surface area contributed by atoms with Crippen LogP contribution in [-0.2, 0) is 4.79 Å². The highest BCUT2D eigenvalue weighted by molar-refractivity contribution is 8.00. The van der Waals surface area contributed by atoms with Gasteiger partial charge < -0.3 is 25.2 Å². The zero-order valence-electron chi connectivity index (χ0n) is 17.4. The second-order valence-electron chi connectivity index (χ2n) is 8.40. The van der Waals surface area contributed by atoms with E-state index in [2.05, 4.69) is 0 Å². The van der Waals surface area contributed by atoms with Gasteiger partial charge in [-0.05, 0) is 49.9 Å². The number of hydrogen-bond acceptors (Lipinski definition) is 6. The number of carboxylic acids is 1. The fraction of sp³-hybridized carbons (Fsp3) is 0.682. The lowest BCUT2D eigenvalue weighted by atomic mass is 9.97. The summed E-state index contributed by atoms with van der Waals surface area (Å²) in [6.45, 7) is 1.68. The van der Waals surface area contributed by atoms with Crippen LogP contribution in [0.1, 0.15) is 51.9 Å². The highest BCUT2D eigenvalue weighted by atomic mass is 32.2. The molecule has 1 saturated carbocycles. The molecule has 170 valence electrons. The zero-order valence-corrected chi connectivity index (χ0v) is 18.2. The summed E-state index contributed by atoms with van der Waals surface area (Å²) < 4.78 is 18.5. The van der Waals surface area contributed by atoms with E-state index in [0.717, 1.165) is 25.7 Å². The van der Waals surface area contributed by atoms with E-state index < -0.39 is 23.8 Å². The van der Waals surface area contributed by atoms with Crippen molar-refractivity contribution < 1.29 is 34.3 Å². The number of aliphatic hydroxyl groups excluding tert-OH is 2. The Bertz CT molecular complexity index is 654. The lowest BCUT2D eigenvalue weighted by molar-refractivity contribution is -0.137. The summed E-state index contributed by atoms with van der Waals surface area (Å²) in [4.78, 5) is 10.5. The van der Waals surface area contributed by atoms with Gasteiger partial charge in [0.05, 0.1) is 12.2 Å². The van der Waals surface area contributed by atoms with E-state index in [9.17, 15) is 24.5 Å². The number of carboxylic acid groups (broad SMARTS) is 1. The van der Waals surface area contributed by atoms with E-state index in [4.69, 9.17) is 9.84 Å². The number of aliphatic carboxylic acids is 1. The van der Waals surface area contributed by atoms with E-state index in [0.29, 0.717) is 24.3 Å². The zero-order chi connectivity index (χ0) is 22.1. The lowest BCUT2D eigenvalue weighted by Crippen LogP contribution is -2.37. The molecule has 0 saturated heterocycles. The van der Waals surface area contributed by atoms with Crippen LogP contribution in [0.15, 0.2) is 24.3 Å². The first-order valence-electron chi connectivity index (χ1n) is 10.5. The van der Waals surface area contributed by atoms with Gasteiger partial charge in [0.15, 0.2) is 0 Å². The third kappa shape index (κ3) is 8.41. The molecular formula is C22H33FO6S. The highest BCUT2D eigenvalue weighted by Gasteiger charge is 2.42. The molecule has 4 N–H and O–H groups in total. The molecule has 5 atom stereocenters. The Kier molecular flexibility index (Phi) is 9.87. The molecule has 0 radical (unpaired) electrons. The van der Waals surface area contributed by atoms with Gasteiger partial charge in [-0.25, -0.2) is 4.39 Å². The SMILES string of the molecule is CC(O)(COc1ccc(F)cc1)CS[C@H]1C(O)CC(O)[C@@H]1CCCCCCC(=O)O. The summed E-state index contributed by atoms with van der Waals surface area (Å²) in [7, 11) is 0. The third-order valence-corrected chi connectivity index (χ3v) is 7.24. The Morgan fingerprint density at radius 3 is 2.50 bits per heavy atom. The summed E-state index contributed by atoms with van der Waals surface area (Å²) in [5, 5.41) is 39.8. The molecule has 0 bridgehead atoms. The Hall–Kier alpha value is -1.35. The van der Waals surface area contributed by atoms with E-state index in [1.807, 2.05) is 0 Å². The van der Waals surface area contributed by atoms with Crippen molar-refractivity contribution in [3.63, 3.8) is 0 Å². The monoisotopic (exact) mass is 444 g/mol. The van der Waals surface area contributed by atoms with Crippen LogP contribution in [0.2, 0.25) is 0 Å². The molecule has 3 unspecified atom stereocenters. The van der Waals surface area contributed by atoms with Gasteiger partial charge in [-0.1, -0.05) is 19.3 Å². The molecule has 0 aromatic heterocycles. The maximum atomic E-state index is 13.0. The Morgan fingerprint density at radius 2 is 1.83 bits per heavy atom. The van der Waals surface area contributed by atoms with Crippen LogP contribution in [0.5, 0.6) is 5.75 Å². The second-order valence-corrected chi connectivity index (χ2v) is 9.56. The molecule has 30 heavy (non-hydrogen) atoms. The lowest BCUT2D eigenvalue weighted by Gasteiger charge is -2.28. The first kappa shape index (κ1) is 24.9. The van der Waals surface area contributed by atoms with Crippen molar-refractivity contribution in [2.45, 2.75) is 74.9 Å². The first-order valence-corrected chi connectivity index (χ1v) is 11.5. The predicted octanol–water partition coefficient (Wildman–Crippen LogP) is 3.22. The number of ether oxygens (including phenoxy) is 1. The number of aliphatic hydroxyl groups is 3. The quantitative estimate of drug-likeness (QED) is 0.346. The smallest absolute Gasteiger partial charge is 0.303 e. The van der Waals surface area contributed by atoms with E-state index in [1.54, 1.807) is 6.92 Å². The maximum Gasteiger partial charge on any atom is 0.303 e. The second kappa shape index (κ2) is 11.9. The summed E-state index contributed by atoms with van der Waals surface area (Å²) >= 11 is 1.44. The van der Waals surface area contributed by atoms with Gasteiger partial charge >= 0.3 is 5.97 Å². The van der Waals surface area contributed by atoms with Crippen molar-refractivity contribution in [2.24, 2.45) is 5.92 Å². The number of hydrogen-bond donors (Lipinski definition) is 4. The summed E-state index contributed by atoms with van der Waals surface area (Å²) in [6.07, 6.45) is 3.33. The average molecular weight is 445 g/mol. The third-order valence-electron chi connectivity index (χ3n) is 5.41. The summed E-state index contributed by atoms with van der Waals surface area (Å²) in [6, 6.07) is 5.59. The Balaban J connectivity index is 1.77. The molecule has 2 rings (SSSR count). The van der Waals surface area contributed by atoms with Crippen molar-refractivity contribution in [2.75, 3.05) is 12.4 Å². The molecule has 8 heteroatoms. The number of benzene rings is 1. The summed E-state index contributed by atoms with van der Waals surface area (Å²) in [5.41, 5.74) is -1.15. The molecule has 0 heterocycles. The van der Waals surface area contributed by atoms with Gasteiger partial charge in [0.1, 0.15) is 23.8 Å². The molecule has 0 aliphatic heterocycles. The molecule has 1 aromatic carbocycles. The molecule has 1 aromatic rings. The van der Waals surface area contributed by atoms with E-state index in [1.165, 1.54) is 36.0 Å². The van der Waals surface area contributed by atoms with Crippen LogP contribution in [0, 0.1) is 11.7 Å². The van der Waals surface area contributed by atoms with Crippen LogP contribution in [0.4, 0.5) is 4.39 Å². The topological polar surface area (TPSA) is 107 Å². The number of carbonyl (C=O) groups is 1. The van der Waals surface area contributed by atoms with Crippen molar-refractivity contribution in [3.05, 3.63) is 30.1 Å². The minimum Gasteiger partial charge on any atom is -0.491 e. The molecular weight excluding hydrogens is 411 g/mol. The molecule has 0 amide bonds. The maximum absolute atomic E-state index is 13.0. The van der Waals surface area contributed by atoms with Crippen molar-refractivity contribution in [3.8, 4) is 5.75 Å². The van der Waals surface area contributed by atoms with Gasteiger partial charge in [-0.15, -0.1) is 0 Å². The van der Waals surface area contributed by atoms with Gasteiger partial charge in [0.2, 0.25) is 0 Å². The van der Waals surface area contributed by atoms with Gasteiger partial charge in [0.25, 0.3) is 0 Å². The molecule has 1 aliphatic carbocycles. The Labute approximate surface area is 181 Å². The molecule has 1 aliphatic rings. The van der Waals surface area contributed by atoms with Crippen LogP contribution < -0.4 is 4.74 Å². The fourth-order valence-electron chi connectivity index (χ4n) is 3.75. The van der Waals surface area contributed by atoms with E-state index >= 15 is 0 Å². The predicted molar refractivity (Wildman–Crippen MR) is 114 cm³/mol. The van der Waals surface area contributed by atoms with Gasteiger partial charge in [-0.3, -0.25) is 4.79 Å². The van der Waals surface area contributed by atoms with Crippen LogP contribution in [0.3, 0.4) is 0 Å². The van der Waals surface area contributed by atoms with Crippen molar-refractivity contribution in [1.29, 1.82) is 0 Å².